The molecule has 1 atom stereocenters. The average Bonchev–Trinajstić information content (AvgIpc) is 2.47. The van der Waals surface area contributed by atoms with Crippen LogP contribution in [-0.4, -0.2) is 0 Å². The minimum Gasteiger partial charge on any atom is -0.271 e. The molecule has 1 aromatic rings. The number of nitrogens with two attached hydrogens (primary N) is 1. The summed E-state index contributed by atoms with van der Waals surface area (Å²) in [6.07, 6.45) is 11.5. The van der Waals surface area contributed by atoms with Crippen LogP contribution in [-0.2, 0) is 6.42 Å². The molecule has 0 aliphatic carbocycles. The van der Waals surface area contributed by atoms with Gasteiger partial charge in [-0.05, 0) is 24.0 Å². The Hall–Kier alpha value is -0.860. The second kappa shape index (κ2) is 10.9. The van der Waals surface area contributed by atoms with Crippen LogP contribution in [0.5, 0.6) is 0 Å². The Balaban J connectivity index is 2.39. The lowest BCUT2D eigenvalue weighted by Crippen LogP contribution is -2.28. The van der Waals surface area contributed by atoms with Crippen LogP contribution >= 0.6 is 0 Å². The van der Waals surface area contributed by atoms with E-state index < -0.39 is 0 Å². The van der Waals surface area contributed by atoms with Gasteiger partial charge in [-0.1, -0.05) is 83.1 Å². The summed E-state index contributed by atoms with van der Waals surface area (Å²) in [6, 6.07) is 9.18. The molecule has 0 spiro atoms. The maximum absolute atomic E-state index is 5.74. The van der Waals surface area contributed by atoms with Gasteiger partial charge in [0, 0.05) is 6.04 Å². The Morgan fingerprint density at radius 3 is 2.45 bits per heavy atom. The van der Waals surface area contributed by atoms with Gasteiger partial charge in [0.2, 0.25) is 0 Å². The summed E-state index contributed by atoms with van der Waals surface area (Å²) in [7, 11) is 0. The first-order valence-electron chi connectivity index (χ1n) is 8.36. The van der Waals surface area contributed by atoms with Crippen molar-refractivity contribution in [3.63, 3.8) is 0 Å². The summed E-state index contributed by atoms with van der Waals surface area (Å²) >= 11 is 0. The van der Waals surface area contributed by atoms with Crippen molar-refractivity contribution < 1.29 is 0 Å². The lowest BCUT2D eigenvalue weighted by Gasteiger charge is -2.17. The standard InChI is InChI=1S/C18H32N2/c1-3-5-6-7-8-9-14-18(20-19)17-13-10-12-16(15-17)11-4-2/h10,12-13,15,18,20H,3-9,11,14,19H2,1-2H3. The number of rotatable bonds is 11. The van der Waals surface area contributed by atoms with Crippen LogP contribution in [0, 0.1) is 0 Å². The molecule has 1 unspecified atom stereocenters. The predicted octanol–water partition coefficient (Wildman–Crippen LogP) is 4.89. The topological polar surface area (TPSA) is 38.0 Å². The molecule has 0 heterocycles. The molecule has 0 aliphatic rings. The molecular formula is C18H32N2. The highest BCUT2D eigenvalue weighted by Gasteiger charge is 2.09. The van der Waals surface area contributed by atoms with Crippen molar-refractivity contribution >= 4 is 0 Å². The predicted molar refractivity (Wildman–Crippen MR) is 88.5 cm³/mol. The zero-order valence-electron chi connectivity index (χ0n) is 13.3. The summed E-state index contributed by atoms with van der Waals surface area (Å²) in [5.74, 6) is 5.74. The van der Waals surface area contributed by atoms with Gasteiger partial charge >= 0.3 is 0 Å². The first-order valence-corrected chi connectivity index (χ1v) is 8.36. The molecule has 0 fully saturated rings. The number of hydrogen-bond donors (Lipinski definition) is 2. The number of nitrogens with one attached hydrogen (secondary N) is 1. The van der Waals surface area contributed by atoms with Crippen LogP contribution < -0.4 is 11.3 Å². The van der Waals surface area contributed by atoms with Gasteiger partial charge < -0.3 is 0 Å². The molecule has 0 aliphatic heterocycles. The largest absolute Gasteiger partial charge is 0.271 e. The number of hydrogen-bond acceptors (Lipinski definition) is 2. The van der Waals surface area contributed by atoms with E-state index in [1.165, 1.54) is 56.1 Å². The van der Waals surface area contributed by atoms with Gasteiger partial charge in [-0.25, -0.2) is 0 Å². The first-order chi connectivity index (χ1) is 9.81. The number of aryl methyl sites for hydroxylation is 1. The van der Waals surface area contributed by atoms with Crippen LogP contribution in [0.1, 0.15) is 82.4 Å². The van der Waals surface area contributed by atoms with E-state index in [2.05, 4.69) is 43.5 Å². The van der Waals surface area contributed by atoms with E-state index in [4.69, 9.17) is 5.84 Å². The molecule has 0 aromatic heterocycles. The Morgan fingerprint density at radius 1 is 1.00 bits per heavy atom. The number of hydrazine groups is 1. The summed E-state index contributed by atoms with van der Waals surface area (Å²) in [5.41, 5.74) is 5.75. The highest BCUT2D eigenvalue weighted by Crippen LogP contribution is 2.21. The van der Waals surface area contributed by atoms with Crippen molar-refractivity contribution in [2.75, 3.05) is 0 Å². The third kappa shape index (κ3) is 6.53. The second-order valence-corrected chi connectivity index (χ2v) is 5.77. The maximum Gasteiger partial charge on any atom is 0.0460 e. The molecule has 3 N–H and O–H groups in total. The van der Waals surface area contributed by atoms with E-state index in [-0.39, 0.29) is 0 Å². The summed E-state index contributed by atoms with van der Waals surface area (Å²) in [5, 5.41) is 0. The Bertz CT molecular complexity index is 349. The number of benzene rings is 1. The minimum absolute atomic E-state index is 0.304. The van der Waals surface area contributed by atoms with Crippen LogP contribution in [0.15, 0.2) is 24.3 Å². The SMILES string of the molecule is CCCCCCCCC(NN)c1cccc(CCC)c1. The molecule has 0 saturated heterocycles. The molecule has 20 heavy (non-hydrogen) atoms. The van der Waals surface area contributed by atoms with Crippen LogP contribution in [0.2, 0.25) is 0 Å². The van der Waals surface area contributed by atoms with E-state index in [0.717, 1.165) is 12.8 Å². The van der Waals surface area contributed by atoms with E-state index in [0.29, 0.717) is 6.04 Å². The Labute approximate surface area is 125 Å². The van der Waals surface area contributed by atoms with Gasteiger partial charge in [0.05, 0.1) is 0 Å². The quantitative estimate of drug-likeness (QED) is 0.343. The summed E-state index contributed by atoms with van der Waals surface area (Å²) in [4.78, 5) is 0. The van der Waals surface area contributed by atoms with E-state index in [9.17, 15) is 0 Å². The third-order valence-corrected chi connectivity index (χ3v) is 3.94. The van der Waals surface area contributed by atoms with Crippen LogP contribution in [0.25, 0.3) is 0 Å². The first kappa shape index (κ1) is 17.2. The molecule has 0 saturated carbocycles. The van der Waals surface area contributed by atoms with Crippen molar-refractivity contribution in [3.05, 3.63) is 35.4 Å². The zero-order chi connectivity index (χ0) is 14.6. The fourth-order valence-electron chi connectivity index (χ4n) is 2.73. The fourth-order valence-corrected chi connectivity index (χ4v) is 2.73. The zero-order valence-corrected chi connectivity index (χ0v) is 13.3. The minimum atomic E-state index is 0.304. The molecular weight excluding hydrogens is 244 g/mol. The summed E-state index contributed by atoms with van der Waals surface area (Å²) < 4.78 is 0. The van der Waals surface area contributed by atoms with E-state index >= 15 is 0 Å². The normalized spacial score (nSPS) is 12.6. The van der Waals surface area contributed by atoms with Crippen LogP contribution in [0.3, 0.4) is 0 Å². The van der Waals surface area contributed by atoms with Gasteiger partial charge in [0.15, 0.2) is 0 Å². The molecule has 1 aromatic carbocycles. The van der Waals surface area contributed by atoms with E-state index in [1.54, 1.807) is 0 Å². The average molecular weight is 276 g/mol. The lowest BCUT2D eigenvalue weighted by atomic mass is 9.97. The van der Waals surface area contributed by atoms with Gasteiger partial charge in [-0.15, -0.1) is 0 Å². The maximum atomic E-state index is 5.74. The lowest BCUT2D eigenvalue weighted by molar-refractivity contribution is 0.476. The second-order valence-electron chi connectivity index (χ2n) is 5.77. The number of unbranched alkanes of at least 4 members (excludes halogenated alkanes) is 5. The van der Waals surface area contributed by atoms with Gasteiger partial charge in [-0.2, -0.15) is 0 Å². The molecule has 0 bridgehead atoms. The molecule has 2 heteroatoms. The van der Waals surface area contributed by atoms with Gasteiger partial charge in [-0.3, -0.25) is 11.3 Å². The molecule has 114 valence electrons. The molecule has 2 nitrogen and oxygen atoms in total. The van der Waals surface area contributed by atoms with Gasteiger partial charge in [0.25, 0.3) is 0 Å². The molecule has 0 radical (unpaired) electrons. The Morgan fingerprint density at radius 2 is 1.75 bits per heavy atom. The van der Waals surface area contributed by atoms with Gasteiger partial charge in [0.1, 0.15) is 0 Å². The molecule has 1 rings (SSSR count). The smallest absolute Gasteiger partial charge is 0.0460 e. The highest BCUT2D eigenvalue weighted by atomic mass is 15.2. The fraction of sp³-hybridized carbons (Fsp3) is 0.667. The highest BCUT2D eigenvalue weighted by molar-refractivity contribution is 5.26. The van der Waals surface area contributed by atoms with Crippen molar-refractivity contribution in [2.45, 2.75) is 77.7 Å². The monoisotopic (exact) mass is 276 g/mol. The summed E-state index contributed by atoms with van der Waals surface area (Å²) in [6.45, 7) is 4.49. The Kier molecular flexibility index (Phi) is 9.35. The van der Waals surface area contributed by atoms with E-state index in [1.807, 2.05) is 0 Å². The van der Waals surface area contributed by atoms with Crippen molar-refractivity contribution in [3.8, 4) is 0 Å². The molecule has 0 amide bonds. The van der Waals surface area contributed by atoms with Crippen molar-refractivity contribution in [1.82, 2.24) is 5.43 Å². The van der Waals surface area contributed by atoms with Crippen molar-refractivity contribution in [2.24, 2.45) is 5.84 Å². The van der Waals surface area contributed by atoms with Crippen molar-refractivity contribution in [1.29, 1.82) is 0 Å². The third-order valence-electron chi connectivity index (χ3n) is 3.94. The van der Waals surface area contributed by atoms with Crippen LogP contribution in [0.4, 0.5) is 0 Å².